The molecule has 1 N–H and O–H groups in total. The number of ether oxygens (including phenoxy) is 5. The Balaban J connectivity index is 1.46. The molecule has 14 nitrogen and oxygen atoms in total. The normalized spacial score (nSPS) is 18.0. The van der Waals surface area contributed by atoms with Crippen molar-refractivity contribution in [1.82, 2.24) is 14.2 Å². The van der Waals surface area contributed by atoms with Crippen LogP contribution in [0.4, 0.5) is 5.82 Å². The van der Waals surface area contributed by atoms with Crippen molar-refractivity contribution in [3.63, 3.8) is 0 Å². The van der Waals surface area contributed by atoms with E-state index in [1.54, 1.807) is 44.6 Å². The van der Waals surface area contributed by atoms with Crippen molar-refractivity contribution in [3.8, 4) is 17.6 Å². The number of nitriles is 1. The highest BCUT2D eigenvalue weighted by molar-refractivity contribution is 7.44. The van der Waals surface area contributed by atoms with E-state index in [0.29, 0.717) is 30.1 Å². The highest BCUT2D eigenvalue weighted by atomic mass is 31.2. The number of nitrogens with zero attached hydrogens (tertiary/aromatic N) is 4. The van der Waals surface area contributed by atoms with Gasteiger partial charge in [-0.3, -0.25) is 9.36 Å². The average molecular weight is 892 g/mol. The molecule has 1 saturated heterocycles. The van der Waals surface area contributed by atoms with Gasteiger partial charge in [0.1, 0.15) is 41.2 Å². The van der Waals surface area contributed by atoms with Gasteiger partial charge in [0.2, 0.25) is 0 Å². The lowest BCUT2D eigenvalue weighted by atomic mass is 9.80. The van der Waals surface area contributed by atoms with E-state index < -0.39 is 50.3 Å². The molecule has 1 aliphatic heterocycles. The first-order valence-corrected chi connectivity index (χ1v) is 22.6. The van der Waals surface area contributed by atoms with E-state index in [4.69, 9.17) is 32.7 Å². The molecule has 5 aromatic rings. The van der Waals surface area contributed by atoms with Gasteiger partial charge in [-0.1, -0.05) is 79.7 Å². The highest BCUT2D eigenvalue weighted by Gasteiger charge is 2.51. The van der Waals surface area contributed by atoms with Crippen LogP contribution in [0.3, 0.4) is 0 Å². The monoisotopic (exact) mass is 891 g/mol. The number of aromatic nitrogens is 2. The molecule has 1 aromatic heterocycles. The van der Waals surface area contributed by atoms with Gasteiger partial charge >= 0.3 is 5.69 Å². The van der Waals surface area contributed by atoms with Crippen molar-refractivity contribution in [1.29, 1.82) is 5.26 Å². The molecule has 15 heteroatoms. The van der Waals surface area contributed by atoms with E-state index in [-0.39, 0.29) is 37.5 Å². The number of hydrogen-bond donors (Lipinski definition) is 1. The summed E-state index contributed by atoms with van der Waals surface area (Å²) in [5, 5.41) is 12.2. The Labute approximate surface area is 377 Å². The SMILES string of the molecule is CCCO[C@@H]1[C@H](O[P@](OCCC#N)N(C(C)C)C(C)C)[C@@H](COC(c2ccccc2)(c2ccc(OC)cc2)c2ccc(OC)cc2)O[C@H]1n1ccc(NC(=O)c2ccccc2)nc1=O. The maximum absolute atomic E-state index is 14.1. The Morgan fingerprint density at radius 3 is 1.95 bits per heavy atom. The fraction of sp³-hybridized carbons (Fsp3) is 0.388. The lowest BCUT2D eigenvalue weighted by molar-refractivity contribution is -0.0975. The second kappa shape index (κ2) is 22.9. The quantitative estimate of drug-likeness (QED) is 0.0401. The summed E-state index contributed by atoms with van der Waals surface area (Å²) in [7, 11) is 1.43. The molecule has 338 valence electrons. The molecule has 64 heavy (non-hydrogen) atoms. The van der Waals surface area contributed by atoms with E-state index in [1.165, 1.54) is 10.8 Å². The van der Waals surface area contributed by atoms with E-state index in [2.05, 4.69) is 48.7 Å². The van der Waals surface area contributed by atoms with Crippen molar-refractivity contribution in [2.75, 3.05) is 39.4 Å². The fourth-order valence-corrected chi connectivity index (χ4v) is 9.53. The first-order chi connectivity index (χ1) is 31.0. The minimum atomic E-state index is -1.82. The van der Waals surface area contributed by atoms with Crippen molar-refractivity contribution >= 4 is 20.3 Å². The van der Waals surface area contributed by atoms with Crippen LogP contribution in [0.1, 0.15) is 80.7 Å². The van der Waals surface area contributed by atoms with Crippen LogP contribution in [0.15, 0.2) is 126 Å². The van der Waals surface area contributed by atoms with Crippen molar-refractivity contribution in [2.45, 2.75) is 89.7 Å². The number of rotatable bonds is 22. The molecule has 0 unspecified atom stereocenters. The zero-order valence-electron chi connectivity index (χ0n) is 37.5. The molecule has 6 rings (SSSR count). The number of amides is 1. The maximum atomic E-state index is 14.1. The lowest BCUT2D eigenvalue weighted by Crippen LogP contribution is -2.43. The van der Waals surface area contributed by atoms with Crippen molar-refractivity contribution < 1.29 is 37.5 Å². The van der Waals surface area contributed by atoms with Crippen molar-refractivity contribution in [2.24, 2.45) is 0 Å². The van der Waals surface area contributed by atoms with Crippen LogP contribution in [0.5, 0.6) is 11.5 Å². The number of nitrogens with one attached hydrogen (secondary N) is 1. The number of anilines is 1. The standard InChI is InChI=1S/C49H58N5O9P/c1-8-31-59-45-44(63-64(61-32-15-29-50)54(34(2)3)35(4)5)42(62-47(45)53-30-28-43(52-48(53)56)51-46(55)36-16-11-9-12-17-36)33-60-49(37-18-13-10-14-19-37,38-20-24-40(57-6)25-21-38)39-22-26-41(58-7)27-23-39/h9-14,16-28,30,34-35,42,44-45,47H,8,15,31-33H2,1-7H3,(H,51,52,55,56)/t42-,44-,45-,47-,64+/m1/s1. The predicted octanol–water partition coefficient (Wildman–Crippen LogP) is 8.88. The zero-order valence-corrected chi connectivity index (χ0v) is 38.4. The number of carbonyl (C=O) groups is 1. The summed E-state index contributed by atoms with van der Waals surface area (Å²) in [5.41, 5.74) is 1.02. The molecule has 0 radical (unpaired) electrons. The molecule has 1 fully saturated rings. The smallest absolute Gasteiger partial charge is 0.351 e. The van der Waals surface area contributed by atoms with Crippen LogP contribution in [-0.2, 0) is 28.9 Å². The van der Waals surface area contributed by atoms with Gasteiger partial charge in [0.25, 0.3) is 14.4 Å². The molecule has 0 aliphatic carbocycles. The lowest BCUT2D eigenvalue weighted by Gasteiger charge is -2.39. The average Bonchev–Trinajstić information content (AvgIpc) is 3.64. The van der Waals surface area contributed by atoms with Gasteiger partial charge in [-0.25, -0.2) is 9.46 Å². The first kappa shape index (κ1) is 48.0. The Morgan fingerprint density at radius 2 is 1.42 bits per heavy atom. The summed E-state index contributed by atoms with van der Waals surface area (Å²) in [5.74, 6) is 1.04. The van der Waals surface area contributed by atoms with Crippen LogP contribution in [0.25, 0.3) is 0 Å². The number of hydrogen-bond acceptors (Lipinski definition) is 12. The van der Waals surface area contributed by atoms with Gasteiger partial charge in [0.05, 0.1) is 39.9 Å². The predicted molar refractivity (Wildman–Crippen MR) is 245 cm³/mol. The third-order valence-corrected chi connectivity index (χ3v) is 12.8. The minimum absolute atomic E-state index is 0.00244. The third-order valence-electron chi connectivity index (χ3n) is 10.7. The number of benzene rings is 4. The van der Waals surface area contributed by atoms with Gasteiger partial charge in [-0.15, -0.1) is 0 Å². The van der Waals surface area contributed by atoms with Crippen LogP contribution in [0, 0.1) is 11.3 Å². The largest absolute Gasteiger partial charge is 0.497 e. The molecule has 1 amide bonds. The van der Waals surface area contributed by atoms with Gasteiger partial charge in [-0.05, 0) is 93.3 Å². The van der Waals surface area contributed by atoms with Gasteiger partial charge in [0, 0.05) is 30.5 Å². The molecule has 1 aliphatic rings. The van der Waals surface area contributed by atoms with Crippen LogP contribution < -0.4 is 20.5 Å². The van der Waals surface area contributed by atoms with Gasteiger partial charge in [-0.2, -0.15) is 10.2 Å². The molecule has 2 heterocycles. The van der Waals surface area contributed by atoms with Crippen LogP contribution in [-0.4, -0.2) is 84.6 Å². The third kappa shape index (κ3) is 11.2. The second-order valence-corrected chi connectivity index (χ2v) is 17.1. The minimum Gasteiger partial charge on any atom is -0.497 e. The van der Waals surface area contributed by atoms with E-state index in [1.807, 2.05) is 91.9 Å². The molecule has 0 bridgehead atoms. The van der Waals surface area contributed by atoms with E-state index in [9.17, 15) is 14.9 Å². The molecular weight excluding hydrogens is 834 g/mol. The van der Waals surface area contributed by atoms with E-state index in [0.717, 1.165) is 16.7 Å². The van der Waals surface area contributed by atoms with Crippen LogP contribution in [0.2, 0.25) is 0 Å². The highest BCUT2D eigenvalue weighted by Crippen LogP contribution is 2.51. The molecule has 5 atom stereocenters. The first-order valence-electron chi connectivity index (χ1n) is 21.5. The van der Waals surface area contributed by atoms with Crippen molar-refractivity contribution in [3.05, 3.63) is 154 Å². The van der Waals surface area contributed by atoms with Gasteiger partial charge < -0.3 is 38.0 Å². The molecule has 0 spiro atoms. The Bertz CT molecular complexity index is 2270. The second-order valence-electron chi connectivity index (χ2n) is 15.7. The van der Waals surface area contributed by atoms with E-state index >= 15 is 0 Å². The maximum Gasteiger partial charge on any atom is 0.351 e. The number of carbonyl (C=O) groups excluding carboxylic acids is 1. The summed E-state index contributed by atoms with van der Waals surface area (Å²) < 4.78 is 49.1. The molecule has 0 saturated carbocycles. The summed E-state index contributed by atoms with van der Waals surface area (Å²) in [4.78, 5) is 31.3. The summed E-state index contributed by atoms with van der Waals surface area (Å²) in [6.07, 6.45) is -1.27. The Kier molecular flexibility index (Phi) is 17.2. The van der Waals surface area contributed by atoms with Crippen LogP contribution >= 0.6 is 8.53 Å². The number of methoxy groups -OCH3 is 2. The Morgan fingerprint density at radius 1 is 0.844 bits per heavy atom. The summed E-state index contributed by atoms with van der Waals surface area (Å²) in [6.45, 7) is 10.7. The molecular formula is C49H58N5O9P. The zero-order chi connectivity index (χ0) is 45.6. The van der Waals surface area contributed by atoms with Gasteiger partial charge in [0.15, 0.2) is 6.23 Å². The Hall–Kier alpha value is -5.49. The fourth-order valence-electron chi connectivity index (χ4n) is 7.76. The molecule has 4 aromatic carbocycles. The topological polar surface area (TPSA) is 156 Å². The summed E-state index contributed by atoms with van der Waals surface area (Å²) >= 11 is 0. The summed E-state index contributed by atoms with van der Waals surface area (Å²) in [6, 6.07) is 37.8.